The molecule has 1 rings (SSSR count). The summed E-state index contributed by atoms with van der Waals surface area (Å²) >= 11 is 5.44. The maximum absolute atomic E-state index is 11.7. The molecule has 3 amide bonds. The van der Waals surface area contributed by atoms with E-state index in [1.165, 1.54) is 0 Å². The number of amides is 3. The van der Waals surface area contributed by atoms with Gasteiger partial charge in [0.1, 0.15) is 0 Å². The maximum atomic E-state index is 11.7. The van der Waals surface area contributed by atoms with Crippen molar-refractivity contribution in [3.63, 3.8) is 0 Å². The molecular formula is C11H18ClN3O3. The van der Waals surface area contributed by atoms with E-state index in [0.717, 1.165) is 13.1 Å². The Balaban J connectivity index is 2.29. The highest BCUT2D eigenvalue weighted by atomic mass is 35.5. The fourth-order valence-corrected chi connectivity index (χ4v) is 1.84. The molecule has 7 heteroatoms. The lowest BCUT2D eigenvalue weighted by atomic mass is 9.97. The van der Waals surface area contributed by atoms with Crippen LogP contribution in [0.15, 0.2) is 0 Å². The molecule has 1 fully saturated rings. The summed E-state index contributed by atoms with van der Waals surface area (Å²) in [4.78, 5) is 34.4. The molecule has 0 aromatic heterocycles. The fourth-order valence-electron chi connectivity index (χ4n) is 1.70. The van der Waals surface area contributed by atoms with Gasteiger partial charge in [0.25, 0.3) is 0 Å². The first kappa shape index (κ1) is 14.9. The first-order valence-corrected chi connectivity index (χ1v) is 6.58. The summed E-state index contributed by atoms with van der Waals surface area (Å²) in [5.74, 6) is -1.83. The van der Waals surface area contributed by atoms with E-state index in [0.29, 0.717) is 31.7 Å². The topological polar surface area (TPSA) is 87.3 Å². The van der Waals surface area contributed by atoms with Crippen LogP contribution < -0.4 is 16.0 Å². The number of carbonyl (C=O) groups is 3. The smallest absolute Gasteiger partial charge is 0.315 e. The van der Waals surface area contributed by atoms with Gasteiger partial charge in [0.05, 0.1) is 0 Å². The molecule has 0 saturated carbocycles. The van der Waals surface area contributed by atoms with Crippen LogP contribution in [0, 0.1) is 5.92 Å². The minimum Gasteiger partial charge on any atom is -0.348 e. The predicted molar refractivity (Wildman–Crippen MR) is 67.1 cm³/mol. The van der Waals surface area contributed by atoms with Crippen molar-refractivity contribution in [2.45, 2.75) is 19.3 Å². The molecule has 0 unspecified atom stereocenters. The van der Waals surface area contributed by atoms with Crippen LogP contribution in [0.2, 0.25) is 0 Å². The van der Waals surface area contributed by atoms with Gasteiger partial charge in [-0.15, -0.1) is 11.6 Å². The molecule has 18 heavy (non-hydrogen) atoms. The van der Waals surface area contributed by atoms with E-state index in [9.17, 15) is 14.4 Å². The number of hydrogen-bond acceptors (Lipinski definition) is 4. The van der Waals surface area contributed by atoms with E-state index in [2.05, 4.69) is 16.0 Å². The van der Waals surface area contributed by atoms with Gasteiger partial charge in [-0.2, -0.15) is 0 Å². The van der Waals surface area contributed by atoms with E-state index in [4.69, 9.17) is 11.6 Å². The fraction of sp³-hybridized carbons (Fsp3) is 0.727. The average Bonchev–Trinajstić information content (AvgIpc) is 2.39. The molecule has 0 radical (unpaired) electrons. The highest BCUT2D eigenvalue weighted by Gasteiger charge is 2.24. The second kappa shape index (κ2) is 8.05. The highest BCUT2D eigenvalue weighted by molar-refractivity contribution is 6.37. The lowest BCUT2D eigenvalue weighted by Gasteiger charge is -2.21. The van der Waals surface area contributed by atoms with Gasteiger partial charge in [-0.1, -0.05) is 0 Å². The largest absolute Gasteiger partial charge is 0.348 e. The Bertz CT molecular complexity index is 317. The van der Waals surface area contributed by atoms with Crippen molar-refractivity contribution < 1.29 is 14.4 Å². The molecule has 0 aromatic carbocycles. The first-order chi connectivity index (χ1) is 8.65. The summed E-state index contributed by atoms with van der Waals surface area (Å²) in [5.41, 5.74) is 0. The zero-order valence-electron chi connectivity index (χ0n) is 10.1. The Morgan fingerprint density at radius 1 is 1.17 bits per heavy atom. The van der Waals surface area contributed by atoms with Gasteiger partial charge in [-0.3, -0.25) is 19.7 Å². The second-order valence-electron chi connectivity index (χ2n) is 4.14. The van der Waals surface area contributed by atoms with E-state index in [-0.39, 0.29) is 11.8 Å². The highest BCUT2D eigenvalue weighted by Crippen LogP contribution is 2.10. The van der Waals surface area contributed by atoms with Gasteiger partial charge in [0, 0.05) is 18.3 Å². The summed E-state index contributed by atoms with van der Waals surface area (Å²) in [7, 11) is 0. The Hall–Kier alpha value is -1.14. The van der Waals surface area contributed by atoms with Crippen LogP contribution in [0.1, 0.15) is 19.3 Å². The van der Waals surface area contributed by atoms with Crippen LogP contribution in [0.25, 0.3) is 0 Å². The van der Waals surface area contributed by atoms with Crippen molar-refractivity contribution in [2.75, 3.05) is 25.5 Å². The lowest BCUT2D eigenvalue weighted by Crippen LogP contribution is -2.46. The van der Waals surface area contributed by atoms with E-state index in [1.807, 2.05) is 0 Å². The molecule has 0 spiro atoms. The number of carbonyl (C=O) groups excluding carboxylic acids is 3. The summed E-state index contributed by atoms with van der Waals surface area (Å²) < 4.78 is 0. The van der Waals surface area contributed by atoms with Crippen LogP contribution in [-0.4, -0.2) is 43.2 Å². The zero-order valence-corrected chi connectivity index (χ0v) is 10.9. The average molecular weight is 276 g/mol. The third kappa shape index (κ3) is 5.01. The number of rotatable bonds is 4. The van der Waals surface area contributed by atoms with Crippen molar-refractivity contribution in [3.8, 4) is 0 Å². The summed E-state index contributed by atoms with van der Waals surface area (Å²) in [5, 5.41) is 7.64. The van der Waals surface area contributed by atoms with Gasteiger partial charge in [0.15, 0.2) is 0 Å². The molecule has 0 bridgehead atoms. The molecule has 0 aliphatic carbocycles. The summed E-state index contributed by atoms with van der Waals surface area (Å²) in [6.45, 7) is 1.85. The van der Waals surface area contributed by atoms with Crippen molar-refractivity contribution in [2.24, 2.45) is 5.92 Å². The molecule has 3 N–H and O–H groups in total. The summed E-state index contributed by atoms with van der Waals surface area (Å²) in [6, 6.07) is 0. The number of nitrogens with one attached hydrogen (secondary N) is 3. The van der Waals surface area contributed by atoms with Crippen LogP contribution in [0.3, 0.4) is 0 Å². The number of alkyl halides is 1. The number of piperidine rings is 1. The Kier molecular flexibility index (Phi) is 6.67. The lowest BCUT2D eigenvalue weighted by molar-refractivity contribution is -0.143. The first-order valence-electron chi connectivity index (χ1n) is 6.05. The summed E-state index contributed by atoms with van der Waals surface area (Å²) in [6.07, 6.45) is 1.96. The van der Waals surface area contributed by atoms with Gasteiger partial charge in [-0.25, -0.2) is 0 Å². The minimum atomic E-state index is -0.895. The monoisotopic (exact) mass is 275 g/mol. The minimum absolute atomic E-state index is 0.189. The predicted octanol–water partition coefficient (Wildman–Crippen LogP) is -0.626. The van der Waals surface area contributed by atoms with Crippen LogP contribution >= 0.6 is 11.6 Å². The van der Waals surface area contributed by atoms with Crippen LogP contribution in [-0.2, 0) is 14.4 Å². The number of hydrogen-bond donors (Lipinski definition) is 3. The Morgan fingerprint density at radius 3 is 2.44 bits per heavy atom. The normalized spacial score (nSPS) is 16.1. The quantitative estimate of drug-likeness (QED) is 0.362. The van der Waals surface area contributed by atoms with Crippen molar-refractivity contribution >= 4 is 29.3 Å². The molecule has 1 heterocycles. The molecule has 0 aromatic rings. The molecule has 0 atom stereocenters. The maximum Gasteiger partial charge on any atom is 0.315 e. The van der Waals surface area contributed by atoms with Crippen LogP contribution in [0.4, 0.5) is 0 Å². The van der Waals surface area contributed by atoms with Crippen LogP contribution in [0.5, 0.6) is 0 Å². The standard InChI is InChI=1S/C11H18ClN3O3/c12-4-1-5-14-10(17)11(18)15-9(16)8-2-6-13-7-3-8/h8,13H,1-7H2,(H,14,17)(H,15,16,18). The molecule has 102 valence electrons. The van der Waals surface area contributed by atoms with E-state index < -0.39 is 11.8 Å². The number of imide groups is 1. The third-order valence-corrected chi connectivity index (χ3v) is 3.02. The SMILES string of the molecule is O=C(NCCCCl)C(=O)NC(=O)C1CCNCC1. The Morgan fingerprint density at radius 2 is 1.83 bits per heavy atom. The van der Waals surface area contributed by atoms with Crippen molar-refractivity contribution in [3.05, 3.63) is 0 Å². The van der Waals surface area contributed by atoms with E-state index >= 15 is 0 Å². The molecule has 1 aliphatic heterocycles. The van der Waals surface area contributed by atoms with E-state index in [1.54, 1.807) is 0 Å². The molecule has 6 nitrogen and oxygen atoms in total. The molecule has 1 saturated heterocycles. The van der Waals surface area contributed by atoms with Gasteiger partial charge < -0.3 is 10.6 Å². The van der Waals surface area contributed by atoms with Crippen molar-refractivity contribution in [1.29, 1.82) is 0 Å². The van der Waals surface area contributed by atoms with Gasteiger partial charge >= 0.3 is 11.8 Å². The Labute approximate surface area is 111 Å². The second-order valence-corrected chi connectivity index (χ2v) is 4.52. The molecule has 1 aliphatic rings. The number of halogens is 1. The van der Waals surface area contributed by atoms with Gasteiger partial charge in [-0.05, 0) is 32.4 Å². The van der Waals surface area contributed by atoms with Gasteiger partial charge in [0.2, 0.25) is 5.91 Å². The zero-order chi connectivity index (χ0) is 13.4. The van der Waals surface area contributed by atoms with Crippen molar-refractivity contribution in [1.82, 2.24) is 16.0 Å². The molecular weight excluding hydrogens is 258 g/mol. The third-order valence-electron chi connectivity index (χ3n) is 2.75.